The first kappa shape index (κ1) is 17.4. The molecule has 3 aliphatic rings. The molecule has 0 N–H and O–H groups in total. The number of thioether (sulfide) groups is 1. The Labute approximate surface area is 157 Å². The summed E-state index contributed by atoms with van der Waals surface area (Å²) >= 11 is 7.96. The van der Waals surface area contributed by atoms with E-state index in [9.17, 15) is 9.59 Å². The lowest BCUT2D eigenvalue weighted by atomic mass is 9.99. The quantitative estimate of drug-likeness (QED) is 0.810. The van der Waals surface area contributed by atoms with E-state index in [1.165, 1.54) is 12.8 Å². The second kappa shape index (κ2) is 7.29. The summed E-state index contributed by atoms with van der Waals surface area (Å²) < 4.78 is 0. The summed E-state index contributed by atoms with van der Waals surface area (Å²) in [7, 11) is 0. The molecular weight excluding hydrogens is 356 g/mol. The summed E-state index contributed by atoms with van der Waals surface area (Å²) in [6, 6.07) is 5.61. The number of fused-ring (bicyclic) bond motifs is 1. The molecular formula is C19H23ClN2O2S. The highest BCUT2D eigenvalue weighted by atomic mass is 35.5. The van der Waals surface area contributed by atoms with Gasteiger partial charge in [-0.3, -0.25) is 9.59 Å². The largest absolute Gasteiger partial charge is 0.336 e. The van der Waals surface area contributed by atoms with Crippen molar-refractivity contribution < 1.29 is 9.59 Å². The minimum atomic E-state index is -0.330. The van der Waals surface area contributed by atoms with E-state index in [1.54, 1.807) is 12.1 Å². The minimum Gasteiger partial charge on any atom is -0.336 e. The Morgan fingerprint density at radius 2 is 2.04 bits per heavy atom. The molecule has 1 aromatic rings. The molecule has 25 heavy (non-hydrogen) atoms. The van der Waals surface area contributed by atoms with Crippen LogP contribution in [0.25, 0.3) is 0 Å². The molecule has 1 aliphatic carbocycles. The van der Waals surface area contributed by atoms with Crippen molar-refractivity contribution in [3.63, 3.8) is 0 Å². The molecule has 0 aromatic heterocycles. The van der Waals surface area contributed by atoms with Crippen molar-refractivity contribution in [3.05, 3.63) is 34.3 Å². The number of carbonyl (C=O) groups excluding carboxylic acids is 2. The fourth-order valence-electron chi connectivity index (χ4n) is 4.26. The number of carbonyl (C=O) groups is 2. The Bertz CT molecular complexity index is 690. The van der Waals surface area contributed by atoms with E-state index in [0.717, 1.165) is 43.2 Å². The summed E-state index contributed by atoms with van der Waals surface area (Å²) in [5.41, 5.74) is 1.49. The molecule has 1 amide bonds. The molecule has 134 valence electrons. The smallest absolute Gasteiger partial charge is 0.230 e. The first-order valence-corrected chi connectivity index (χ1v) is 10.6. The molecule has 0 radical (unpaired) electrons. The van der Waals surface area contributed by atoms with E-state index >= 15 is 0 Å². The van der Waals surface area contributed by atoms with Crippen molar-refractivity contribution in [1.82, 2.24) is 9.80 Å². The number of Topliss-reactive ketones (excluding diaryl/α,β-unsaturated/α-hetero) is 1. The second-order valence-corrected chi connectivity index (χ2v) is 8.77. The fourth-order valence-corrected chi connectivity index (χ4v) is 5.48. The maximum absolute atomic E-state index is 13.3. The van der Waals surface area contributed by atoms with Crippen LogP contribution < -0.4 is 0 Å². The zero-order valence-electron chi connectivity index (χ0n) is 14.2. The molecule has 4 nitrogen and oxygen atoms in total. The van der Waals surface area contributed by atoms with E-state index in [0.29, 0.717) is 10.6 Å². The predicted octanol–water partition coefficient (Wildman–Crippen LogP) is 3.05. The predicted molar refractivity (Wildman–Crippen MR) is 102 cm³/mol. The van der Waals surface area contributed by atoms with Crippen molar-refractivity contribution in [2.45, 2.75) is 31.2 Å². The van der Waals surface area contributed by atoms with Gasteiger partial charge in [0, 0.05) is 41.6 Å². The summed E-state index contributed by atoms with van der Waals surface area (Å²) in [6.45, 7) is 4.04. The molecule has 2 aliphatic heterocycles. The number of ketones is 1. The molecule has 0 bridgehead atoms. The van der Waals surface area contributed by atoms with Crippen molar-refractivity contribution in [2.75, 3.05) is 37.7 Å². The van der Waals surface area contributed by atoms with Crippen molar-refractivity contribution >= 4 is 35.1 Å². The van der Waals surface area contributed by atoms with Gasteiger partial charge in [0.25, 0.3) is 0 Å². The number of halogens is 1. The van der Waals surface area contributed by atoms with E-state index < -0.39 is 0 Å². The number of hydrogen-bond donors (Lipinski definition) is 0. The van der Waals surface area contributed by atoms with Gasteiger partial charge in [-0.2, -0.15) is 11.8 Å². The van der Waals surface area contributed by atoms with Crippen LogP contribution in [-0.2, 0) is 4.79 Å². The number of benzene rings is 1. The van der Waals surface area contributed by atoms with Gasteiger partial charge >= 0.3 is 0 Å². The van der Waals surface area contributed by atoms with E-state index in [4.69, 9.17) is 11.6 Å². The van der Waals surface area contributed by atoms with E-state index in [2.05, 4.69) is 9.80 Å². The van der Waals surface area contributed by atoms with Crippen LogP contribution >= 0.6 is 23.4 Å². The Hall–Kier alpha value is -1.04. The van der Waals surface area contributed by atoms with Crippen molar-refractivity contribution in [1.29, 1.82) is 0 Å². The van der Waals surface area contributed by atoms with Gasteiger partial charge in [-0.15, -0.1) is 0 Å². The number of rotatable bonds is 3. The highest BCUT2D eigenvalue weighted by molar-refractivity contribution is 7.99. The van der Waals surface area contributed by atoms with Crippen LogP contribution in [0.2, 0.25) is 5.02 Å². The Balaban J connectivity index is 1.54. The van der Waals surface area contributed by atoms with E-state index in [1.807, 2.05) is 17.8 Å². The maximum atomic E-state index is 13.3. The van der Waals surface area contributed by atoms with Crippen LogP contribution in [-0.4, -0.2) is 65.2 Å². The summed E-state index contributed by atoms with van der Waals surface area (Å²) in [4.78, 5) is 30.2. The van der Waals surface area contributed by atoms with Crippen molar-refractivity contribution in [3.8, 4) is 0 Å². The molecule has 6 heteroatoms. The van der Waals surface area contributed by atoms with Gasteiger partial charge in [-0.1, -0.05) is 17.7 Å². The van der Waals surface area contributed by atoms with Gasteiger partial charge in [0.05, 0.1) is 12.0 Å². The molecule has 2 saturated heterocycles. The Kier molecular flexibility index (Phi) is 5.07. The molecule has 0 saturated carbocycles. The van der Waals surface area contributed by atoms with Gasteiger partial charge in [0.15, 0.2) is 5.78 Å². The topological polar surface area (TPSA) is 40.6 Å². The van der Waals surface area contributed by atoms with Crippen LogP contribution in [0.3, 0.4) is 0 Å². The van der Waals surface area contributed by atoms with Crippen molar-refractivity contribution in [2.24, 2.45) is 0 Å². The third-order valence-corrected chi connectivity index (χ3v) is 6.88. The summed E-state index contributed by atoms with van der Waals surface area (Å²) in [5, 5.41) is 0.557. The Morgan fingerprint density at radius 3 is 2.84 bits per heavy atom. The van der Waals surface area contributed by atoms with Gasteiger partial charge in [0.1, 0.15) is 0 Å². The highest BCUT2D eigenvalue weighted by Crippen LogP contribution is 2.37. The molecule has 2 heterocycles. The summed E-state index contributed by atoms with van der Waals surface area (Å²) in [6.07, 6.45) is 2.81. The monoisotopic (exact) mass is 378 g/mol. The minimum absolute atomic E-state index is 0.0401. The maximum Gasteiger partial charge on any atom is 0.230 e. The average molecular weight is 379 g/mol. The molecule has 4 rings (SSSR count). The zero-order chi connectivity index (χ0) is 17.4. The van der Waals surface area contributed by atoms with Gasteiger partial charge in [0.2, 0.25) is 5.91 Å². The number of nitrogens with zero attached hydrogens (tertiary/aromatic N) is 2. The van der Waals surface area contributed by atoms with Crippen LogP contribution in [0.15, 0.2) is 18.2 Å². The second-order valence-electron chi connectivity index (χ2n) is 7.18. The fraction of sp³-hybridized carbons (Fsp3) is 0.579. The van der Waals surface area contributed by atoms with Crippen LogP contribution in [0.4, 0.5) is 0 Å². The average Bonchev–Trinajstić information content (AvgIpc) is 3.23. The SMILES string of the molecule is O=C1CC(C(=O)N2CCSCC2CN2CCCC2)c2ccc(Cl)cc21. The van der Waals surface area contributed by atoms with Gasteiger partial charge < -0.3 is 9.80 Å². The standard InChI is InChI=1S/C19H23ClN2O2S/c20-13-3-4-15-16(9-13)18(23)10-17(15)19(24)22-7-8-25-12-14(22)11-21-5-1-2-6-21/h3-4,9,14,17H,1-2,5-8,10-12H2. The number of hydrogen-bond acceptors (Lipinski definition) is 4. The lowest BCUT2D eigenvalue weighted by Crippen LogP contribution is -2.52. The third kappa shape index (κ3) is 3.46. The van der Waals surface area contributed by atoms with Crippen LogP contribution in [0, 0.1) is 0 Å². The molecule has 1 aromatic carbocycles. The van der Waals surface area contributed by atoms with Crippen LogP contribution in [0.1, 0.15) is 41.1 Å². The number of amides is 1. The normalized spacial score (nSPS) is 26.9. The van der Waals surface area contributed by atoms with Crippen LogP contribution in [0.5, 0.6) is 0 Å². The lowest BCUT2D eigenvalue weighted by Gasteiger charge is -2.39. The molecule has 2 atom stereocenters. The Morgan fingerprint density at radius 1 is 1.24 bits per heavy atom. The summed E-state index contributed by atoms with van der Waals surface area (Å²) in [5.74, 6) is 1.81. The van der Waals surface area contributed by atoms with Gasteiger partial charge in [-0.25, -0.2) is 0 Å². The molecule has 0 spiro atoms. The first-order valence-electron chi connectivity index (χ1n) is 9.06. The molecule has 2 unspecified atom stereocenters. The zero-order valence-corrected chi connectivity index (χ0v) is 15.8. The van der Waals surface area contributed by atoms with Gasteiger partial charge in [-0.05, 0) is 43.6 Å². The lowest BCUT2D eigenvalue weighted by molar-refractivity contribution is -0.134. The number of likely N-dealkylation sites (tertiary alicyclic amines) is 1. The highest BCUT2D eigenvalue weighted by Gasteiger charge is 2.39. The van der Waals surface area contributed by atoms with E-state index in [-0.39, 0.29) is 30.1 Å². The third-order valence-electron chi connectivity index (χ3n) is 5.56. The molecule has 2 fully saturated rings. The first-order chi connectivity index (χ1) is 12.1.